The molecule has 1 fully saturated rings. The highest BCUT2D eigenvalue weighted by Crippen LogP contribution is 2.49. The van der Waals surface area contributed by atoms with Gasteiger partial charge >= 0.3 is 0 Å². The van der Waals surface area contributed by atoms with Gasteiger partial charge in [0.15, 0.2) is 0 Å². The summed E-state index contributed by atoms with van der Waals surface area (Å²) in [6.07, 6.45) is 10.2. The minimum atomic E-state index is 0.0173. The van der Waals surface area contributed by atoms with Crippen LogP contribution in [0.15, 0.2) is 48.7 Å². The first-order chi connectivity index (χ1) is 15.2. The fourth-order valence-corrected chi connectivity index (χ4v) is 5.79. The van der Waals surface area contributed by atoms with Gasteiger partial charge in [0, 0.05) is 37.1 Å². The van der Waals surface area contributed by atoms with Crippen molar-refractivity contribution in [3.63, 3.8) is 0 Å². The highest BCUT2D eigenvalue weighted by molar-refractivity contribution is 5.80. The van der Waals surface area contributed by atoms with Crippen molar-refractivity contribution in [2.75, 3.05) is 25.1 Å². The number of aliphatic hydroxyl groups excluding tert-OH is 1. The maximum atomic E-state index is 13.3. The number of carbonyl (C=O) groups is 1. The SMILES string of the molecule is CN1c2ccc(C3=CCCCC3)cc2[C@H]2[C@H](CCN2C(=O)Cc2ccccn2)[C@@H]1CO. The molecular weight excluding hydrogens is 386 g/mol. The molecule has 3 aliphatic rings. The van der Waals surface area contributed by atoms with Gasteiger partial charge in [-0.2, -0.15) is 0 Å². The number of likely N-dealkylation sites (N-methyl/N-ethyl adjacent to an activating group) is 1. The average molecular weight is 418 g/mol. The second-order valence-electron chi connectivity index (χ2n) is 9.09. The number of allylic oxidation sites excluding steroid dienone is 2. The number of benzene rings is 1. The highest BCUT2D eigenvalue weighted by atomic mass is 16.3. The van der Waals surface area contributed by atoms with E-state index in [-0.39, 0.29) is 30.5 Å². The summed E-state index contributed by atoms with van der Waals surface area (Å²) in [7, 11) is 2.08. The zero-order valence-corrected chi connectivity index (χ0v) is 18.2. The Hall–Kier alpha value is -2.66. The molecule has 1 aromatic heterocycles. The van der Waals surface area contributed by atoms with Gasteiger partial charge in [-0.3, -0.25) is 9.78 Å². The van der Waals surface area contributed by atoms with Gasteiger partial charge in [-0.1, -0.05) is 18.2 Å². The summed E-state index contributed by atoms with van der Waals surface area (Å²) >= 11 is 0. The third-order valence-electron chi connectivity index (χ3n) is 7.39. The van der Waals surface area contributed by atoms with Crippen molar-refractivity contribution in [1.29, 1.82) is 0 Å². The van der Waals surface area contributed by atoms with E-state index in [9.17, 15) is 9.90 Å². The lowest BCUT2D eigenvalue weighted by Gasteiger charge is -2.44. The van der Waals surface area contributed by atoms with E-state index in [0.29, 0.717) is 6.42 Å². The maximum Gasteiger partial charge on any atom is 0.229 e. The van der Waals surface area contributed by atoms with E-state index in [4.69, 9.17) is 0 Å². The number of aliphatic hydroxyl groups is 1. The number of carbonyl (C=O) groups excluding carboxylic acids is 1. The first-order valence-corrected chi connectivity index (χ1v) is 11.5. The van der Waals surface area contributed by atoms with Crippen LogP contribution in [-0.4, -0.2) is 47.1 Å². The van der Waals surface area contributed by atoms with E-state index in [0.717, 1.165) is 37.2 Å². The molecule has 0 unspecified atom stereocenters. The van der Waals surface area contributed by atoms with Gasteiger partial charge < -0.3 is 14.9 Å². The predicted molar refractivity (Wildman–Crippen MR) is 123 cm³/mol. The van der Waals surface area contributed by atoms with Gasteiger partial charge in [0.25, 0.3) is 0 Å². The Morgan fingerprint density at radius 3 is 2.87 bits per heavy atom. The molecular formula is C26H31N3O2. The fraction of sp³-hybridized carbons (Fsp3) is 0.462. The van der Waals surface area contributed by atoms with Gasteiger partial charge in [0.1, 0.15) is 0 Å². The highest BCUT2D eigenvalue weighted by Gasteiger charge is 2.47. The van der Waals surface area contributed by atoms with E-state index >= 15 is 0 Å². The summed E-state index contributed by atoms with van der Waals surface area (Å²) in [6.45, 7) is 0.837. The number of rotatable bonds is 4. The number of anilines is 1. The lowest BCUT2D eigenvalue weighted by Crippen LogP contribution is -2.48. The number of hydrogen-bond acceptors (Lipinski definition) is 4. The molecule has 0 saturated carbocycles. The van der Waals surface area contributed by atoms with Gasteiger partial charge in [-0.15, -0.1) is 0 Å². The zero-order valence-electron chi connectivity index (χ0n) is 18.2. The van der Waals surface area contributed by atoms with E-state index in [1.165, 1.54) is 29.5 Å². The molecule has 1 aliphatic carbocycles. The lowest BCUT2D eigenvalue weighted by molar-refractivity contribution is -0.132. The third-order valence-corrected chi connectivity index (χ3v) is 7.39. The van der Waals surface area contributed by atoms with Crippen molar-refractivity contribution in [2.45, 2.75) is 50.6 Å². The van der Waals surface area contributed by atoms with Crippen LogP contribution in [0, 0.1) is 5.92 Å². The molecule has 5 heteroatoms. The van der Waals surface area contributed by atoms with Crippen LogP contribution >= 0.6 is 0 Å². The van der Waals surface area contributed by atoms with Crippen molar-refractivity contribution in [3.05, 3.63) is 65.5 Å². The number of aromatic nitrogens is 1. The molecule has 5 nitrogen and oxygen atoms in total. The topological polar surface area (TPSA) is 56.7 Å². The van der Waals surface area contributed by atoms with E-state index in [1.807, 2.05) is 23.1 Å². The second kappa shape index (κ2) is 8.46. The number of fused-ring (bicyclic) bond motifs is 3. The van der Waals surface area contributed by atoms with Gasteiger partial charge in [-0.25, -0.2) is 0 Å². The minimum Gasteiger partial charge on any atom is -0.394 e. The summed E-state index contributed by atoms with van der Waals surface area (Å²) < 4.78 is 0. The second-order valence-corrected chi connectivity index (χ2v) is 9.09. The van der Waals surface area contributed by atoms with E-state index in [1.54, 1.807) is 6.20 Å². The van der Waals surface area contributed by atoms with Crippen LogP contribution in [0.5, 0.6) is 0 Å². The first-order valence-electron chi connectivity index (χ1n) is 11.5. The number of likely N-dealkylation sites (tertiary alicyclic amines) is 1. The summed E-state index contributed by atoms with van der Waals surface area (Å²) in [6, 6.07) is 12.5. The smallest absolute Gasteiger partial charge is 0.229 e. The van der Waals surface area contributed by atoms with Crippen molar-refractivity contribution in [2.24, 2.45) is 5.92 Å². The number of nitrogens with zero attached hydrogens (tertiary/aromatic N) is 3. The summed E-state index contributed by atoms with van der Waals surface area (Å²) in [5, 5.41) is 10.2. The molecule has 0 bridgehead atoms. The average Bonchev–Trinajstić information content (AvgIpc) is 3.26. The molecule has 2 aromatic rings. The summed E-state index contributed by atoms with van der Waals surface area (Å²) in [4.78, 5) is 22.0. The Balaban J connectivity index is 1.52. The molecule has 31 heavy (non-hydrogen) atoms. The Kier molecular flexibility index (Phi) is 5.53. The molecule has 1 aromatic carbocycles. The molecule has 3 heterocycles. The number of hydrogen-bond donors (Lipinski definition) is 1. The third kappa shape index (κ3) is 3.65. The number of amides is 1. The van der Waals surface area contributed by atoms with Crippen molar-refractivity contribution < 1.29 is 9.90 Å². The molecule has 5 rings (SSSR count). The molecule has 0 spiro atoms. The molecule has 1 saturated heterocycles. The monoisotopic (exact) mass is 417 g/mol. The standard InChI is InChI=1S/C26H31N3O2/c1-28-23-11-10-19(18-7-3-2-4-8-18)15-22(23)26-21(24(28)17-30)12-14-29(26)25(31)16-20-9-5-6-13-27-20/h5-7,9-11,13,15,21,24,26,30H,2-4,8,12,14,16-17H2,1H3/t21-,24+,26-/m1/s1. The zero-order chi connectivity index (χ0) is 21.4. The predicted octanol–water partition coefficient (Wildman–Crippen LogP) is 3.98. The van der Waals surface area contributed by atoms with E-state index < -0.39 is 0 Å². The van der Waals surface area contributed by atoms with Gasteiger partial charge in [0.2, 0.25) is 5.91 Å². The van der Waals surface area contributed by atoms with Crippen LogP contribution < -0.4 is 4.90 Å². The molecule has 2 aliphatic heterocycles. The molecule has 3 atom stereocenters. The quantitative estimate of drug-likeness (QED) is 0.818. The van der Waals surface area contributed by atoms with Crippen LogP contribution in [-0.2, 0) is 11.2 Å². The van der Waals surface area contributed by atoms with Crippen LogP contribution in [0.4, 0.5) is 5.69 Å². The Bertz CT molecular complexity index is 987. The summed E-state index contributed by atoms with van der Waals surface area (Å²) in [5.41, 5.74) is 5.90. The first kappa shape index (κ1) is 20.3. The Morgan fingerprint density at radius 1 is 1.23 bits per heavy atom. The molecule has 0 radical (unpaired) electrons. The van der Waals surface area contributed by atoms with E-state index in [2.05, 4.69) is 41.2 Å². The van der Waals surface area contributed by atoms with Crippen LogP contribution in [0.2, 0.25) is 0 Å². The van der Waals surface area contributed by atoms with Crippen LogP contribution in [0.25, 0.3) is 5.57 Å². The van der Waals surface area contributed by atoms with Crippen LogP contribution in [0.3, 0.4) is 0 Å². The Labute approximate surface area is 184 Å². The van der Waals surface area contributed by atoms with Gasteiger partial charge in [0.05, 0.1) is 25.1 Å². The normalized spacial score (nSPS) is 25.1. The molecule has 1 amide bonds. The largest absolute Gasteiger partial charge is 0.394 e. The van der Waals surface area contributed by atoms with Crippen molar-refractivity contribution in [3.8, 4) is 0 Å². The molecule has 162 valence electrons. The lowest BCUT2D eigenvalue weighted by atomic mass is 9.80. The maximum absolute atomic E-state index is 13.3. The van der Waals surface area contributed by atoms with Crippen molar-refractivity contribution >= 4 is 17.2 Å². The molecule has 1 N–H and O–H groups in total. The Morgan fingerprint density at radius 2 is 2.13 bits per heavy atom. The van der Waals surface area contributed by atoms with Gasteiger partial charge in [-0.05, 0) is 73.1 Å². The van der Waals surface area contributed by atoms with Crippen LogP contribution in [0.1, 0.15) is 55.0 Å². The fourth-order valence-electron chi connectivity index (χ4n) is 5.79. The summed E-state index contributed by atoms with van der Waals surface area (Å²) in [5.74, 6) is 0.367. The minimum absolute atomic E-state index is 0.0173. The number of pyridine rings is 1. The van der Waals surface area contributed by atoms with Crippen molar-refractivity contribution in [1.82, 2.24) is 9.88 Å².